The second-order valence-electron chi connectivity index (χ2n) is 10.5. The molecule has 1 aromatic carbocycles. The number of thiazole rings is 1. The van der Waals surface area contributed by atoms with Crippen LogP contribution >= 0.6 is 22.9 Å². The van der Waals surface area contributed by atoms with Crippen molar-refractivity contribution in [1.82, 2.24) is 9.88 Å². The molecule has 1 spiro atoms. The summed E-state index contributed by atoms with van der Waals surface area (Å²) in [6.45, 7) is 1.34. The van der Waals surface area contributed by atoms with Gasteiger partial charge in [-0.2, -0.15) is 0 Å². The Labute approximate surface area is 197 Å². The highest BCUT2D eigenvalue weighted by atomic mass is 35.5. The standard InChI is InChI=1S/C25H27ClN2O3S/c26-21-8-20(30-11-19-12-32-13-27-19)2-1-14(21)5-15-3-4-28(24(15)29)22-17-6-16-7-18(22)10-25(9-17)23(16)31-25/h1-2,8,12-13,15-18,22-23H,3-7,9-11H2. The summed E-state index contributed by atoms with van der Waals surface area (Å²) in [6, 6.07) is 6.27. The van der Waals surface area contributed by atoms with Crippen molar-refractivity contribution in [2.75, 3.05) is 6.54 Å². The highest BCUT2D eigenvalue weighted by molar-refractivity contribution is 7.07. The minimum atomic E-state index is 0.0366. The third-order valence-electron chi connectivity index (χ3n) is 8.72. The van der Waals surface area contributed by atoms with Crippen LogP contribution in [0.1, 0.15) is 43.4 Å². The lowest BCUT2D eigenvalue weighted by Crippen LogP contribution is -2.59. The molecule has 4 bridgehead atoms. The van der Waals surface area contributed by atoms with E-state index in [-0.39, 0.29) is 11.5 Å². The van der Waals surface area contributed by atoms with Gasteiger partial charge >= 0.3 is 0 Å². The number of halogens is 1. The predicted molar refractivity (Wildman–Crippen MR) is 122 cm³/mol. The molecule has 4 saturated carbocycles. The number of aromatic nitrogens is 1. The molecular weight excluding hydrogens is 444 g/mol. The molecule has 1 amide bonds. The molecule has 4 unspecified atom stereocenters. The molecule has 2 saturated heterocycles. The molecule has 6 aliphatic rings. The van der Waals surface area contributed by atoms with E-state index in [9.17, 15) is 4.79 Å². The Balaban J connectivity index is 1.02. The van der Waals surface area contributed by atoms with Crippen molar-refractivity contribution in [3.05, 3.63) is 45.4 Å². The van der Waals surface area contributed by atoms with Crippen molar-refractivity contribution in [2.45, 2.75) is 62.9 Å². The van der Waals surface area contributed by atoms with Crippen LogP contribution in [0.25, 0.3) is 0 Å². The smallest absolute Gasteiger partial charge is 0.226 e. The zero-order valence-electron chi connectivity index (χ0n) is 17.9. The second-order valence-corrected chi connectivity index (χ2v) is 11.6. The normalized spacial score (nSPS) is 38.9. The number of rotatable bonds is 6. The molecule has 0 N–H and O–H groups in total. The van der Waals surface area contributed by atoms with Gasteiger partial charge < -0.3 is 14.4 Å². The second kappa shape index (κ2) is 7.18. The van der Waals surface area contributed by atoms with E-state index in [1.807, 2.05) is 23.6 Å². The van der Waals surface area contributed by atoms with Crippen LogP contribution in [-0.4, -0.2) is 40.1 Å². The monoisotopic (exact) mass is 470 g/mol. The summed E-state index contributed by atoms with van der Waals surface area (Å²) in [7, 11) is 0. The summed E-state index contributed by atoms with van der Waals surface area (Å²) in [5.74, 6) is 3.16. The van der Waals surface area contributed by atoms with E-state index >= 15 is 0 Å². The predicted octanol–water partition coefficient (Wildman–Crippen LogP) is 4.72. The maximum Gasteiger partial charge on any atom is 0.226 e. The van der Waals surface area contributed by atoms with Crippen molar-refractivity contribution >= 4 is 28.8 Å². The van der Waals surface area contributed by atoms with Crippen LogP contribution in [0.3, 0.4) is 0 Å². The number of hydrogen-bond acceptors (Lipinski definition) is 5. The maximum atomic E-state index is 13.5. The van der Waals surface area contributed by atoms with Gasteiger partial charge in [0.05, 0.1) is 22.9 Å². The van der Waals surface area contributed by atoms with Crippen LogP contribution in [0.5, 0.6) is 5.75 Å². The van der Waals surface area contributed by atoms with Gasteiger partial charge in [0.15, 0.2) is 0 Å². The van der Waals surface area contributed by atoms with E-state index in [4.69, 9.17) is 21.1 Å². The van der Waals surface area contributed by atoms with E-state index in [2.05, 4.69) is 9.88 Å². The number of carbonyl (C=O) groups excluding carboxylic acids is 1. The van der Waals surface area contributed by atoms with Crippen LogP contribution in [0.2, 0.25) is 5.02 Å². The summed E-state index contributed by atoms with van der Waals surface area (Å²) < 4.78 is 12.0. The summed E-state index contributed by atoms with van der Waals surface area (Å²) in [5.41, 5.74) is 3.97. The number of hydrogen-bond donors (Lipinski definition) is 0. The number of epoxide rings is 1. The Bertz CT molecular complexity index is 1040. The van der Waals surface area contributed by atoms with Crippen LogP contribution in [0.15, 0.2) is 29.1 Å². The number of benzene rings is 1. The molecule has 8 rings (SSSR count). The molecule has 4 atom stereocenters. The first-order valence-electron chi connectivity index (χ1n) is 11.9. The lowest BCUT2D eigenvalue weighted by Gasteiger charge is -2.54. The van der Waals surface area contributed by atoms with Crippen LogP contribution in [0, 0.1) is 23.7 Å². The van der Waals surface area contributed by atoms with E-state index in [0.717, 1.165) is 35.9 Å². The van der Waals surface area contributed by atoms with E-state index in [1.165, 1.54) is 25.7 Å². The fraction of sp³-hybridized carbons (Fsp3) is 0.600. The number of carbonyl (C=O) groups is 1. The summed E-state index contributed by atoms with van der Waals surface area (Å²) in [4.78, 5) is 19.9. The molecular formula is C25H27ClN2O3S. The van der Waals surface area contributed by atoms with Gasteiger partial charge in [-0.15, -0.1) is 11.3 Å². The molecule has 168 valence electrons. The molecule has 2 aromatic rings. The van der Waals surface area contributed by atoms with Crippen molar-refractivity contribution in [3.8, 4) is 5.75 Å². The van der Waals surface area contributed by atoms with Gasteiger partial charge in [-0.1, -0.05) is 17.7 Å². The molecule has 3 heterocycles. The zero-order valence-corrected chi connectivity index (χ0v) is 19.5. The molecule has 0 radical (unpaired) electrons. The van der Waals surface area contributed by atoms with Gasteiger partial charge in [0.25, 0.3) is 0 Å². The van der Waals surface area contributed by atoms with Crippen LogP contribution in [-0.2, 0) is 22.6 Å². The molecule has 2 aliphatic heterocycles. The first kappa shape index (κ1) is 19.8. The Morgan fingerprint density at radius 3 is 2.81 bits per heavy atom. The average molecular weight is 471 g/mol. The molecule has 4 aliphatic carbocycles. The number of amides is 1. The summed E-state index contributed by atoms with van der Waals surface area (Å²) >= 11 is 8.15. The lowest BCUT2D eigenvalue weighted by atomic mass is 9.54. The topological polar surface area (TPSA) is 55.0 Å². The zero-order chi connectivity index (χ0) is 21.4. The van der Waals surface area contributed by atoms with E-state index < -0.39 is 0 Å². The minimum absolute atomic E-state index is 0.0366. The van der Waals surface area contributed by atoms with Gasteiger partial charge in [-0.3, -0.25) is 4.79 Å². The average Bonchev–Trinajstić information content (AvgIpc) is 3.09. The van der Waals surface area contributed by atoms with Crippen molar-refractivity contribution < 1.29 is 14.3 Å². The third kappa shape index (κ3) is 3.06. The van der Waals surface area contributed by atoms with Gasteiger partial charge in [-0.05, 0) is 74.0 Å². The van der Waals surface area contributed by atoms with Crippen LogP contribution in [0.4, 0.5) is 0 Å². The molecule has 6 fully saturated rings. The molecule has 5 nitrogen and oxygen atoms in total. The maximum absolute atomic E-state index is 13.5. The van der Waals surface area contributed by atoms with Crippen LogP contribution < -0.4 is 4.74 Å². The van der Waals surface area contributed by atoms with E-state index in [0.29, 0.717) is 47.9 Å². The SMILES string of the molecule is O=C1C(Cc2ccc(OCc3cscn3)cc2Cl)CCN1C1C2CC3CC1CC1(C2)OC31. The largest absolute Gasteiger partial charge is 0.487 e. The minimum Gasteiger partial charge on any atom is -0.487 e. The van der Waals surface area contributed by atoms with Crippen molar-refractivity contribution in [2.24, 2.45) is 23.7 Å². The van der Waals surface area contributed by atoms with Crippen molar-refractivity contribution in [1.29, 1.82) is 0 Å². The number of nitrogens with zero attached hydrogens (tertiary/aromatic N) is 2. The van der Waals surface area contributed by atoms with E-state index in [1.54, 1.807) is 16.8 Å². The molecule has 7 heteroatoms. The van der Waals surface area contributed by atoms with Gasteiger partial charge in [-0.25, -0.2) is 4.98 Å². The van der Waals surface area contributed by atoms with Gasteiger partial charge in [0, 0.05) is 28.9 Å². The van der Waals surface area contributed by atoms with Gasteiger partial charge in [0.1, 0.15) is 12.4 Å². The summed E-state index contributed by atoms with van der Waals surface area (Å²) in [5, 5.41) is 2.66. The van der Waals surface area contributed by atoms with Crippen molar-refractivity contribution in [3.63, 3.8) is 0 Å². The quantitative estimate of drug-likeness (QED) is 0.573. The Morgan fingerprint density at radius 2 is 2.09 bits per heavy atom. The number of ether oxygens (including phenoxy) is 2. The lowest BCUT2D eigenvalue weighted by molar-refractivity contribution is -0.139. The third-order valence-corrected chi connectivity index (χ3v) is 9.70. The highest BCUT2D eigenvalue weighted by Gasteiger charge is 2.72. The fourth-order valence-corrected chi connectivity index (χ4v) is 8.30. The van der Waals surface area contributed by atoms with Gasteiger partial charge in [0.2, 0.25) is 5.91 Å². The molecule has 32 heavy (non-hydrogen) atoms. The molecule has 1 aromatic heterocycles. The fourth-order valence-electron chi connectivity index (χ4n) is 7.51. The Hall–Kier alpha value is -1.63. The Kier molecular flexibility index (Phi) is 4.44. The first-order valence-corrected chi connectivity index (χ1v) is 13.2. The number of likely N-dealkylation sites (tertiary alicyclic amines) is 1. The Morgan fingerprint density at radius 1 is 1.25 bits per heavy atom. The summed E-state index contributed by atoms with van der Waals surface area (Å²) in [6.07, 6.45) is 7.07. The first-order chi connectivity index (χ1) is 15.6. The highest BCUT2D eigenvalue weighted by Crippen LogP contribution is 2.67.